The van der Waals surface area contributed by atoms with Gasteiger partial charge < -0.3 is 13.9 Å². The Labute approximate surface area is 121 Å². The van der Waals surface area contributed by atoms with Crippen molar-refractivity contribution in [3.8, 4) is 11.5 Å². The Bertz CT molecular complexity index is 835. The van der Waals surface area contributed by atoms with E-state index in [2.05, 4.69) is 4.98 Å². The van der Waals surface area contributed by atoms with Gasteiger partial charge in [0, 0.05) is 6.20 Å². The molecule has 0 aliphatic rings. The summed E-state index contributed by atoms with van der Waals surface area (Å²) in [5, 5.41) is 9.00. The van der Waals surface area contributed by atoms with Gasteiger partial charge in [-0.1, -0.05) is 0 Å². The molecule has 3 heterocycles. The van der Waals surface area contributed by atoms with Crippen LogP contribution in [0.4, 0.5) is 13.2 Å². The third-order valence-corrected chi connectivity index (χ3v) is 3.12. The summed E-state index contributed by atoms with van der Waals surface area (Å²) in [6, 6.07) is 5.25. The van der Waals surface area contributed by atoms with E-state index in [1.165, 1.54) is 12.3 Å². The van der Waals surface area contributed by atoms with Crippen molar-refractivity contribution in [3.05, 3.63) is 48.0 Å². The molecule has 5 nitrogen and oxygen atoms in total. The third kappa shape index (κ3) is 2.43. The lowest BCUT2D eigenvalue weighted by atomic mass is 10.2. The highest BCUT2D eigenvalue weighted by atomic mass is 19.4. The van der Waals surface area contributed by atoms with Gasteiger partial charge >= 0.3 is 12.1 Å². The molecule has 0 atom stereocenters. The Morgan fingerprint density at radius 2 is 2.09 bits per heavy atom. The van der Waals surface area contributed by atoms with Crippen molar-refractivity contribution in [2.24, 2.45) is 0 Å². The fourth-order valence-corrected chi connectivity index (χ4v) is 2.18. The minimum Gasteiger partial charge on any atom is -0.481 e. The highest BCUT2D eigenvalue weighted by molar-refractivity contribution is 5.74. The molecule has 0 radical (unpaired) electrons. The molecule has 3 aromatic heterocycles. The van der Waals surface area contributed by atoms with Gasteiger partial charge in [-0.15, -0.1) is 0 Å². The third-order valence-electron chi connectivity index (χ3n) is 3.12. The van der Waals surface area contributed by atoms with E-state index in [0.717, 1.165) is 16.7 Å². The van der Waals surface area contributed by atoms with Gasteiger partial charge in [-0.3, -0.25) is 4.79 Å². The van der Waals surface area contributed by atoms with Crippen molar-refractivity contribution in [2.45, 2.75) is 12.6 Å². The summed E-state index contributed by atoms with van der Waals surface area (Å²) in [5.74, 6) is -0.875. The van der Waals surface area contributed by atoms with Crippen LogP contribution >= 0.6 is 0 Å². The molecule has 0 aliphatic carbocycles. The van der Waals surface area contributed by atoms with Gasteiger partial charge in [-0.05, 0) is 24.3 Å². The van der Waals surface area contributed by atoms with Crippen molar-refractivity contribution in [3.63, 3.8) is 0 Å². The van der Waals surface area contributed by atoms with Crippen LogP contribution in [-0.2, 0) is 17.4 Å². The zero-order valence-corrected chi connectivity index (χ0v) is 11.0. The Balaban J connectivity index is 2.26. The van der Waals surface area contributed by atoms with Crippen molar-refractivity contribution in [1.82, 2.24) is 9.38 Å². The topological polar surface area (TPSA) is 67.7 Å². The standard InChI is InChI=1S/C14H9F3N2O3/c15-14(16,17)8-3-4-11-18-13(10-2-1-5-22-10)9(6-12(20)21)19(11)7-8/h1-5,7H,6H2,(H,20,21). The first kappa shape index (κ1) is 14.2. The zero-order valence-electron chi connectivity index (χ0n) is 11.0. The second-order valence-electron chi connectivity index (χ2n) is 4.60. The number of hydrogen-bond acceptors (Lipinski definition) is 3. The smallest absolute Gasteiger partial charge is 0.417 e. The number of aromatic nitrogens is 2. The van der Waals surface area contributed by atoms with E-state index in [4.69, 9.17) is 9.52 Å². The molecule has 3 aromatic rings. The number of nitrogens with zero attached hydrogens (tertiary/aromatic N) is 2. The lowest BCUT2D eigenvalue weighted by Crippen LogP contribution is -2.09. The maximum Gasteiger partial charge on any atom is 0.417 e. The fraction of sp³-hybridized carbons (Fsp3) is 0.143. The highest BCUT2D eigenvalue weighted by Gasteiger charge is 2.31. The molecule has 0 amide bonds. The number of alkyl halides is 3. The lowest BCUT2D eigenvalue weighted by Gasteiger charge is -2.08. The highest BCUT2D eigenvalue weighted by Crippen LogP contribution is 2.31. The first-order chi connectivity index (χ1) is 10.4. The summed E-state index contributed by atoms with van der Waals surface area (Å²) >= 11 is 0. The largest absolute Gasteiger partial charge is 0.481 e. The quantitative estimate of drug-likeness (QED) is 0.806. The molecule has 0 spiro atoms. The molecule has 0 saturated heterocycles. The monoisotopic (exact) mass is 310 g/mol. The van der Waals surface area contributed by atoms with Crippen LogP contribution < -0.4 is 0 Å². The second kappa shape index (κ2) is 4.90. The van der Waals surface area contributed by atoms with Gasteiger partial charge in [-0.25, -0.2) is 4.98 Å². The van der Waals surface area contributed by atoms with Gasteiger partial charge in [0.1, 0.15) is 11.3 Å². The number of pyridine rings is 1. The molecule has 0 unspecified atom stereocenters. The van der Waals surface area contributed by atoms with E-state index in [-0.39, 0.29) is 17.0 Å². The van der Waals surface area contributed by atoms with Gasteiger partial charge in [0.2, 0.25) is 0 Å². The maximum absolute atomic E-state index is 12.8. The number of rotatable bonds is 3. The Hall–Kier alpha value is -2.77. The maximum atomic E-state index is 12.8. The lowest BCUT2D eigenvalue weighted by molar-refractivity contribution is -0.138. The molecule has 3 rings (SSSR count). The molecule has 22 heavy (non-hydrogen) atoms. The molecule has 0 aliphatic heterocycles. The van der Waals surface area contributed by atoms with Crippen LogP contribution in [0.5, 0.6) is 0 Å². The van der Waals surface area contributed by atoms with Gasteiger partial charge in [0.05, 0.1) is 23.9 Å². The van der Waals surface area contributed by atoms with E-state index < -0.39 is 24.1 Å². The minimum absolute atomic E-state index is 0.128. The molecule has 114 valence electrons. The number of aliphatic carboxylic acids is 1. The predicted molar refractivity (Wildman–Crippen MR) is 69.2 cm³/mol. The van der Waals surface area contributed by atoms with E-state index in [9.17, 15) is 18.0 Å². The van der Waals surface area contributed by atoms with Crippen molar-refractivity contribution in [2.75, 3.05) is 0 Å². The van der Waals surface area contributed by atoms with E-state index in [1.807, 2.05) is 0 Å². The summed E-state index contributed by atoms with van der Waals surface area (Å²) in [5.41, 5.74) is -0.319. The van der Waals surface area contributed by atoms with Crippen LogP contribution in [0.2, 0.25) is 0 Å². The summed E-state index contributed by atoms with van der Waals surface area (Å²) in [6.45, 7) is 0. The number of carboxylic acid groups (broad SMARTS) is 1. The normalized spacial score (nSPS) is 12.0. The van der Waals surface area contributed by atoms with Crippen molar-refractivity contribution >= 4 is 11.6 Å². The summed E-state index contributed by atoms with van der Waals surface area (Å²) < 4.78 is 44.8. The van der Waals surface area contributed by atoms with Gasteiger partial charge in [0.25, 0.3) is 0 Å². The van der Waals surface area contributed by atoms with Crippen LogP contribution in [0.3, 0.4) is 0 Å². The summed E-state index contributed by atoms with van der Waals surface area (Å²) in [6.07, 6.45) is -2.78. The molecule has 0 aromatic carbocycles. The first-order valence-electron chi connectivity index (χ1n) is 6.20. The number of hydrogen-bond donors (Lipinski definition) is 1. The Kier molecular flexibility index (Phi) is 3.16. The van der Waals surface area contributed by atoms with Gasteiger partial charge in [0.15, 0.2) is 5.76 Å². The zero-order chi connectivity index (χ0) is 15.9. The SMILES string of the molecule is O=C(O)Cc1c(-c2ccco2)nc2ccc(C(F)(F)F)cn12. The predicted octanol–water partition coefficient (Wildman–Crippen LogP) is 3.24. The molecule has 0 saturated carbocycles. The van der Waals surface area contributed by atoms with Crippen LogP contribution in [0.25, 0.3) is 17.1 Å². The second-order valence-corrected chi connectivity index (χ2v) is 4.60. The molecule has 0 bridgehead atoms. The number of carboxylic acids is 1. The summed E-state index contributed by atoms with van der Waals surface area (Å²) in [4.78, 5) is 15.2. The van der Waals surface area contributed by atoms with Crippen molar-refractivity contribution < 1.29 is 27.5 Å². The molecular formula is C14H9F3N2O3. The van der Waals surface area contributed by atoms with Crippen LogP contribution in [-0.4, -0.2) is 20.5 Å². The molecule has 8 heteroatoms. The van der Waals surface area contributed by atoms with Crippen LogP contribution in [0.15, 0.2) is 41.1 Å². The summed E-state index contributed by atoms with van der Waals surface area (Å²) in [7, 11) is 0. The Morgan fingerprint density at radius 1 is 1.32 bits per heavy atom. The van der Waals surface area contributed by atoms with Gasteiger partial charge in [-0.2, -0.15) is 13.2 Å². The number of halogens is 3. The fourth-order valence-electron chi connectivity index (χ4n) is 2.18. The average Bonchev–Trinajstić information content (AvgIpc) is 3.04. The minimum atomic E-state index is -4.52. The first-order valence-corrected chi connectivity index (χ1v) is 6.20. The number of carbonyl (C=O) groups is 1. The molecule has 0 fully saturated rings. The van der Waals surface area contributed by atoms with E-state index >= 15 is 0 Å². The van der Waals surface area contributed by atoms with Crippen LogP contribution in [0, 0.1) is 0 Å². The number of imidazole rings is 1. The number of fused-ring (bicyclic) bond motifs is 1. The van der Waals surface area contributed by atoms with Crippen molar-refractivity contribution in [1.29, 1.82) is 0 Å². The number of furan rings is 1. The van der Waals surface area contributed by atoms with E-state index in [0.29, 0.717) is 5.76 Å². The average molecular weight is 310 g/mol. The van der Waals surface area contributed by atoms with E-state index in [1.54, 1.807) is 12.1 Å². The molecule has 1 N–H and O–H groups in total. The van der Waals surface area contributed by atoms with Crippen LogP contribution in [0.1, 0.15) is 11.3 Å². The molecular weight excluding hydrogens is 301 g/mol. The Morgan fingerprint density at radius 3 is 2.68 bits per heavy atom.